The number of carbonyl (C=O) groups excluding carboxylic acids is 3. The smallest absolute Gasteiger partial charge is 0.348 e. The lowest BCUT2D eigenvalue weighted by atomic mass is 10.1. The summed E-state index contributed by atoms with van der Waals surface area (Å²) in [6.45, 7) is 4.83. The normalized spacial score (nSPS) is 13.2. The van der Waals surface area contributed by atoms with Crippen LogP contribution in [0.3, 0.4) is 0 Å². The van der Waals surface area contributed by atoms with E-state index in [9.17, 15) is 14.4 Å². The summed E-state index contributed by atoms with van der Waals surface area (Å²) in [4.78, 5) is 39.0. The number of hydrogen-bond donors (Lipinski definition) is 2. The number of benzene rings is 1. The number of aryl methyl sites for hydroxylation is 1. The van der Waals surface area contributed by atoms with Crippen LogP contribution in [0.15, 0.2) is 30.3 Å². The molecule has 0 aliphatic heterocycles. The largest absolute Gasteiger partial charge is 0.462 e. The van der Waals surface area contributed by atoms with Crippen molar-refractivity contribution in [2.45, 2.75) is 39.3 Å². The maximum atomic E-state index is 12.6. The molecule has 3 rings (SSSR count). The van der Waals surface area contributed by atoms with Crippen molar-refractivity contribution in [3.63, 3.8) is 0 Å². The standard InChI is InChI=1S/C22H27N3O4S/c1-4-29-22(28)20-14(2)11-19(30-20)24-18(26)13-25(17-9-10-17)12-15-5-7-16(8-6-15)21(27)23-3/h5-8,11,17H,4,9-10,12-13H2,1-3H3,(H,23,27)(H,24,26). The van der Waals surface area contributed by atoms with Gasteiger partial charge in [-0.25, -0.2) is 4.79 Å². The van der Waals surface area contributed by atoms with Gasteiger partial charge in [-0.1, -0.05) is 12.1 Å². The van der Waals surface area contributed by atoms with Gasteiger partial charge in [-0.2, -0.15) is 0 Å². The minimum absolute atomic E-state index is 0.111. The van der Waals surface area contributed by atoms with E-state index in [0.29, 0.717) is 34.6 Å². The van der Waals surface area contributed by atoms with Crippen LogP contribution in [-0.2, 0) is 16.1 Å². The highest BCUT2D eigenvalue weighted by Gasteiger charge is 2.30. The van der Waals surface area contributed by atoms with Gasteiger partial charge < -0.3 is 15.4 Å². The van der Waals surface area contributed by atoms with E-state index in [1.165, 1.54) is 11.3 Å². The van der Waals surface area contributed by atoms with Crippen molar-refractivity contribution >= 4 is 34.1 Å². The molecule has 2 aromatic rings. The summed E-state index contributed by atoms with van der Waals surface area (Å²) in [6.07, 6.45) is 2.16. The van der Waals surface area contributed by atoms with Gasteiger partial charge in [0.05, 0.1) is 18.2 Å². The van der Waals surface area contributed by atoms with Crippen molar-refractivity contribution in [3.05, 3.63) is 51.9 Å². The van der Waals surface area contributed by atoms with Gasteiger partial charge in [0, 0.05) is 25.2 Å². The first-order valence-corrected chi connectivity index (χ1v) is 10.8. The Morgan fingerprint density at radius 2 is 1.90 bits per heavy atom. The van der Waals surface area contributed by atoms with Crippen molar-refractivity contribution in [2.75, 3.05) is 25.5 Å². The van der Waals surface area contributed by atoms with Crippen LogP contribution in [0.5, 0.6) is 0 Å². The second kappa shape index (κ2) is 9.86. The minimum atomic E-state index is -0.361. The highest BCUT2D eigenvalue weighted by Crippen LogP contribution is 2.30. The molecule has 30 heavy (non-hydrogen) atoms. The molecular formula is C22H27N3O4S. The molecule has 1 saturated carbocycles. The predicted molar refractivity (Wildman–Crippen MR) is 117 cm³/mol. The highest BCUT2D eigenvalue weighted by atomic mass is 32.1. The van der Waals surface area contributed by atoms with Gasteiger partial charge in [-0.15, -0.1) is 11.3 Å². The molecule has 160 valence electrons. The Hall–Kier alpha value is -2.71. The number of amides is 2. The van der Waals surface area contributed by atoms with Gasteiger partial charge in [0.25, 0.3) is 5.91 Å². The molecule has 0 radical (unpaired) electrons. The molecule has 0 saturated heterocycles. The third-order valence-electron chi connectivity index (χ3n) is 4.88. The van der Waals surface area contributed by atoms with Crippen molar-refractivity contribution < 1.29 is 19.1 Å². The molecule has 7 nitrogen and oxygen atoms in total. The van der Waals surface area contributed by atoms with E-state index in [0.717, 1.165) is 24.0 Å². The molecule has 1 aromatic carbocycles. The number of rotatable bonds is 9. The van der Waals surface area contributed by atoms with E-state index in [-0.39, 0.29) is 24.3 Å². The van der Waals surface area contributed by atoms with Crippen molar-refractivity contribution in [1.82, 2.24) is 10.2 Å². The number of nitrogens with one attached hydrogen (secondary N) is 2. The Balaban J connectivity index is 1.60. The van der Waals surface area contributed by atoms with E-state index in [2.05, 4.69) is 15.5 Å². The summed E-state index contributed by atoms with van der Waals surface area (Å²) in [5.41, 5.74) is 2.46. The molecule has 1 aliphatic rings. The van der Waals surface area contributed by atoms with Gasteiger partial charge in [0.1, 0.15) is 4.88 Å². The van der Waals surface area contributed by atoms with E-state index < -0.39 is 0 Å². The molecule has 0 bridgehead atoms. The lowest BCUT2D eigenvalue weighted by Crippen LogP contribution is -2.34. The number of anilines is 1. The Labute approximate surface area is 180 Å². The molecule has 0 spiro atoms. The number of ether oxygens (including phenoxy) is 1. The lowest BCUT2D eigenvalue weighted by molar-refractivity contribution is -0.117. The second-order valence-electron chi connectivity index (χ2n) is 7.30. The summed E-state index contributed by atoms with van der Waals surface area (Å²) in [5.74, 6) is -0.589. The first kappa shape index (κ1) is 22.0. The molecule has 0 unspecified atom stereocenters. The number of hydrogen-bond acceptors (Lipinski definition) is 6. The molecule has 2 amide bonds. The lowest BCUT2D eigenvalue weighted by Gasteiger charge is -2.21. The average Bonchev–Trinajstić information content (AvgIpc) is 3.51. The van der Waals surface area contributed by atoms with Crippen LogP contribution in [0.25, 0.3) is 0 Å². The number of nitrogens with zero attached hydrogens (tertiary/aromatic N) is 1. The summed E-state index contributed by atoms with van der Waals surface area (Å²) < 4.78 is 5.05. The molecule has 1 heterocycles. The first-order valence-electron chi connectivity index (χ1n) is 10.0. The topological polar surface area (TPSA) is 87.7 Å². The zero-order valence-electron chi connectivity index (χ0n) is 17.5. The Bertz CT molecular complexity index is 919. The van der Waals surface area contributed by atoms with Gasteiger partial charge >= 0.3 is 5.97 Å². The van der Waals surface area contributed by atoms with E-state index >= 15 is 0 Å². The molecule has 2 N–H and O–H groups in total. The van der Waals surface area contributed by atoms with Crippen molar-refractivity contribution in [1.29, 1.82) is 0 Å². The monoisotopic (exact) mass is 429 g/mol. The number of thiophene rings is 1. The van der Waals surface area contributed by atoms with E-state index in [1.807, 2.05) is 19.1 Å². The van der Waals surface area contributed by atoms with Crippen LogP contribution in [0.2, 0.25) is 0 Å². The molecular weight excluding hydrogens is 402 g/mol. The fourth-order valence-electron chi connectivity index (χ4n) is 3.20. The van der Waals surface area contributed by atoms with Gasteiger partial charge in [-0.3, -0.25) is 14.5 Å². The molecule has 8 heteroatoms. The van der Waals surface area contributed by atoms with Gasteiger partial charge in [0.2, 0.25) is 5.91 Å². The maximum Gasteiger partial charge on any atom is 0.348 e. The summed E-state index contributed by atoms with van der Waals surface area (Å²) in [6, 6.07) is 9.64. The Kier molecular flexibility index (Phi) is 7.23. The third kappa shape index (κ3) is 5.67. The van der Waals surface area contributed by atoms with Crippen LogP contribution >= 0.6 is 11.3 Å². The molecule has 1 fully saturated rings. The molecule has 1 aromatic heterocycles. The minimum Gasteiger partial charge on any atom is -0.462 e. The highest BCUT2D eigenvalue weighted by molar-refractivity contribution is 7.18. The number of esters is 1. The van der Waals surface area contributed by atoms with Crippen molar-refractivity contribution in [2.24, 2.45) is 0 Å². The summed E-state index contributed by atoms with van der Waals surface area (Å²) in [7, 11) is 1.61. The zero-order valence-corrected chi connectivity index (χ0v) is 18.3. The summed E-state index contributed by atoms with van der Waals surface area (Å²) in [5, 5.41) is 6.16. The fourth-order valence-corrected chi connectivity index (χ4v) is 4.18. The van der Waals surface area contributed by atoms with Gasteiger partial charge in [0.15, 0.2) is 0 Å². The predicted octanol–water partition coefficient (Wildman–Crippen LogP) is 3.20. The number of carbonyl (C=O) groups is 3. The van der Waals surface area contributed by atoms with Crippen LogP contribution in [0, 0.1) is 6.92 Å². The zero-order chi connectivity index (χ0) is 21.7. The van der Waals surface area contributed by atoms with Crippen LogP contribution in [0.1, 0.15) is 50.9 Å². The van der Waals surface area contributed by atoms with Crippen LogP contribution in [0.4, 0.5) is 5.00 Å². The molecule has 1 aliphatic carbocycles. The van der Waals surface area contributed by atoms with E-state index in [4.69, 9.17) is 4.74 Å². The van der Waals surface area contributed by atoms with E-state index in [1.54, 1.807) is 32.2 Å². The fraction of sp³-hybridized carbons (Fsp3) is 0.409. The van der Waals surface area contributed by atoms with Crippen molar-refractivity contribution in [3.8, 4) is 0 Å². The average molecular weight is 430 g/mol. The Morgan fingerprint density at radius 1 is 1.20 bits per heavy atom. The quantitative estimate of drug-likeness (QED) is 0.598. The Morgan fingerprint density at radius 3 is 2.50 bits per heavy atom. The SMILES string of the molecule is CCOC(=O)c1sc(NC(=O)CN(Cc2ccc(C(=O)NC)cc2)C2CC2)cc1C. The van der Waals surface area contributed by atoms with Gasteiger partial charge in [-0.05, 0) is 56.0 Å². The van der Waals surface area contributed by atoms with Crippen LogP contribution < -0.4 is 10.6 Å². The molecule has 0 atom stereocenters. The maximum absolute atomic E-state index is 12.6. The van der Waals surface area contributed by atoms with Crippen LogP contribution in [-0.4, -0.2) is 48.9 Å². The first-order chi connectivity index (χ1) is 14.4. The third-order valence-corrected chi connectivity index (χ3v) is 6.01. The summed E-state index contributed by atoms with van der Waals surface area (Å²) >= 11 is 1.23. The second-order valence-corrected chi connectivity index (χ2v) is 8.36.